The maximum absolute atomic E-state index is 3.87. The number of hydrogen-bond acceptors (Lipinski definition) is 0. The SMILES string of the molecule is Cc1c[p-]c([Si](C#Cc2ccccc2)(c2ccccc2)c2ccccc2)c1C. The highest BCUT2D eigenvalue weighted by Gasteiger charge is 2.35. The van der Waals surface area contributed by atoms with E-state index in [0.29, 0.717) is 0 Å². The van der Waals surface area contributed by atoms with E-state index in [2.05, 4.69) is 116 Å². The van der Waals surface area contributed by atoms with Crippen molar-refractivity contribution in [2.45, 2.75) is 13.8 Å². The fraction of sp³-hybridized carbons (Fsp3) is 0.0769. The van der Waals surface area contributed by atoms with Crippen LogP contribution < -0.4 is 15.3 Å². The van der Waals surface area contributed by atoms with E-state index < -0.39 is 8.07 Å². The van der Waals surface area contributed by atoms with Crippen molar-refractivity contribution in [2.24, 2.45) is 0 Å². The van der Waals surface area contributed by atoms with Crippen LogP contribution in [-0.2, 0) is 0 Å². The van der Waals surface area contributed by atoms with E-state index in [-0.39, 0.29) is 0 Å². The van der Waals surface area contributed by atoms with Gasteiger partial charge < -0.3 is 8.19 Å². The minimum absolute atomic E-state index is 1.07. The van der Waals surface area contributed by atoms with E-state index in [0.717, 1.165) is 5.56 Å². The number of aryl methyl sites for hydroxylation is 1. The first kappa shape index (κ1) is 18.6. The summed E-state index contributed by atoms with van der Waals surface area (Å²) < 4.78 is 0. The molecule has 0 N–H and O–H groups in total. The second-order valence-corrected chi connectivity index (χ2v) is 11.8. The Kier molecular flexibility index (Phi) is 5.35. The zero-order valence-corrected chi connectivity index (χ0v) is 18.1. The van der Waals surface area contributed by atoms with Crippen molar-refractivity contribution in [3.8, 4) is 11.5 Å². The van der Waals surface area contributed by atoms with Crippen LogP contribution >= 0.6 is 8.19 Å². The van der Waals surface area contributed by atoms with Crippen molar-refractivity contribution >= 4 is 31.6 Å². The molecular formula is C26H22PSi-. The van der Waals surface area contributed by atoms with Gasteiger partial charge in [0, 0.05) is 5.56 Å². The maximum atomic E-state index is 3.87. The zero-order valence-electron chi connectivity index (χ0n) is 16.2. The Labute approximate surface area is 170 Å². The van der Waals surface area contributed by atoms with Crippen LogP contribution in [0.25, 0.3) is 0 Å². The molecule has 1 heterocycles. The van der Waals surface area contributed by atoms with Gasteiger partial charge in [0.1, 0.15) is 0 Å². The molecule has 0 aliphatic heterocycles. The molecule has 4 aromatic rings. The molecule has 0 radical (unpaired) electrons. The Morgan fingerprint density at radius 2 is 1.18 bits per heavy atom. The molecule has 1 aromatic heterocycles. The van der Waals surface area contributed by atoms with Gasteiger partial charge in [0.05, 0.1) is 0 Å². The van der Waals surface area contributed by atoms with Gasteiger partial charge in [-0.05, 0) is 36.4 Å². The lowest BCUT2D eigenvalue weighted by atomic mass is 10.2. The summed E-state index contributed by atoms with van der Waals surface area (Å²) >= 11 is 0. The predicted molar refractivity (Wildman–Crippen MR) is 125 cm³/mol. The molecule has 0 nitrogen and oxygen atoms in total. The molecule has 0 aliphatic carbocycles. The lowest BCUT2D eigenvalue weighted by Gasteiger charge is -2.33. The fourth-order valence-electron chi connectivity index (χ4n) is 3.63. The average Bonchev–Trinajstić information content (AvgIpc) is 3.10. The Bertz CT molecular complexity index is 1080. The summed E-state index contributed by atoms with van der Waals surface area (Å²) in [4.78, 5) is 1.49. The summed E-state index contributed by atoms with van der Waals surface area (Å²) in [6.07, 6.45) is 0. The molecule has 0 unspecified atom stereocenters. The molecule has 136 valence electrons. The molecule has 28 heavy (non-hydrogen) atoms. The van der Waals surface area contributed by atoms with Crippen molar-refractivity contribution in [2.75, 3.05) is 0 Å². The Hall–Kier alpha value is -2.78. The minimum atomic E-state index is -2.45. The number of benzene rings is 3. The van der Waals surface area contributed by atoms with Crippen LogP contribution in [0.5, 0.6) is 0 Å². The summed E-state index contributed by atoms with van der Waals surface area (Å²) in [5, 5.41) is 2.71. The van der Waals surface area contributed by atoms with E-state index in [1.54, 1.807) is 0 Å². The summed E-state index contributed by atoms with van der Waals surface area (Å²) in [7, 11) is -1.16. The standard InChI is InChI=1S/C26H22PSi/c1-21-20-27-26(22(21)2)28(24-14-8-4-9-15-24,25-16-10-5-11-17-25)19-18-23-12-6-3-7-13-23/h3-17,20H,1-2H3/q-1. The lowest BCUT2D eigenvalue weighted by molar-refractivity contribution is 1.42. The van der Waals surface area contributed by atoms with Gasteiger partial charge in [0.15, 0.2) is 8.07 Å². The normalized spacial score (nSPS) is 11.2. The Morgan fingerprint density at radius 1 is 0.679 bits per heavy atom. The number of hydrogen-bond donors (Lipinski definition) is 0. The van der Waals surface area contributed by atoms with Gasteiger partial charge in [-0.15, -0.1) is 5.54 Å². The quantitative estimate of drug-likeness (QED) is 0.351. The molecule has 0 spiro atoms. The van der Waals surface area contributed by atoms with Crippen molar-refractivity contribution in [3.05, 3.63) is 113 Å². The first-order valence-corrected chi connectivity index (χ1v) is 12.5. The highest BCUT2D eigenvalue weighted by Crippen LogP contribution is 2.21. The van der Waals surface area contributed by atoms with Gasteiger partial charge in [-0.25, -0.2) is 5.80 Å². The third-order valence-corrected chi connectivity index (χ3v) is 11.8. The molecule has 0 amide bonds. The van der Waals surface area contributed by atoms with Gasteiger partial charge in [-0.3, -0.25) is 0 Å². The molecule has 0 bridgehead atoms. The summed E-state index contributed by atoms with van der Waals surface area (Å²) in [5.41, 5.74) is 7.72. The van der Waals surface area contributed by atoms with Crippen LogP contribution in [0.15, 0.2) is 96.8 Å². The predicted octanol–water partition coefficient (Wildman–Crippen LogP) is 4.66. The highest BCUT2D eigenvalue weighted by molar-refractivity contribution is 7.45. The van der Waals surface area contributed by atoms with Crippen molar-refractivity contribution in [1.29, 1.82) is 0 Å². The van der Waals surface area contributed by atoms with Crippen LogP contribution in [0.2, 0.25) is 0 Å². The molecule has 0 saturated heterocycles. The molecule has 0 fully saturated rings. The molecule has 2 heteroatoms. The Morgan fingerprint density at radius 3 is 1.64 bits per heavy atom. The van der Waals surface area contributed by atoms with E-state index in [4.69, 9.17) is 0 Å². The molecule has 0 atom stereocenters. The second kappa shape index (κ2) is 8.07. The lowest BCUT2D eigenvalue weighted by Crippen LogP contribution is -2.66. The van der Waals surface area contributed by atoms with Crippen LogP contribution in [0.3, 0.4) is 0 Å². The van der Waals surface area contributed by atoms with Gasteiger partial charge in [-0.2, -0.15) is 4.92 Å². The Balaban J connectivity index is 2.06. The molecular weight excluding hydrogens is 371 g/mol. The van der Waals surface area contributed by atoms with Crippen molar-refractivity contribution in [1.82, 2.24) is 0 Å². The fourth-order valence-corrected chi connectivity index (χ4v) is 10.2. The monoisotopic (exact) mass is 393 g/mol. The first-order valence-electron chi connectivity index (χ1n) is 9.50. The zero-order chi connectivity index (χ0) is 19.4. The van der Waals surface area contributed by atoms with E-state index in [9.17, 15) is 0 Å². The molecule has 0 saturated carbocycles. The third-order valence-electron chi connectivity index (χ3n) is 5.27. The van der Waals surface area contributed by atoms with Gasteiger partial charge in [-0.1, -0.05) is 95.9 Å². The van der Waals surface area contributed by atoms with Crippen LogP contribution in [0.1, 0.15) is 16.7 Å². The van der Waals surface area contributed by atoms with E-state index in [1.807, 2.05) is 6.07 Å². The summed E-state index contributed by atoms with van der Waals surface area (Å²) in [6.45, 7) is 4.48. The second-order valence-electron chi connectivity index (χ2n) is 7.01. The largest absolute Gasteiger partial charge is 0.530 e. The van der Waals surface area contributed by atoms with E-state index in [1.165, 1.54) is 34.6 Å². The summed E-state index contributed by atoms with van der Waals surface area (Å²) in [6, 6.07) is 32.2. The van der Waals surface area contributed by atoms with E-state index >= 15 is 0 Å². The average molecular weight is 394 g/mol. The topological polar surface area (TPSA) is 0 Å². The maximum Gasteiger partial charge on any atom is 0.199 e. The smallest absolute Gasteiger partial charge is 0.199 e. The highest BCUT2D eigenvalue weighted by atomic mass is 31.0. The summed E-state index contributed by atoms with van der Waals surface area (Å²) in [5.74, 6) is 5.88. The van der Waals surface area contributed by atoms with Crippen LogP contribution in [0, 0.1) is 25.3 Å². The van der Waals surface area contributed by atoms with Gasteiger partial charge in [0.2, 0.25) is 0 Å². The molecule has 3 aromatic carbocycles. The molecule has 0 aliphatic rings. The van der Waals surface area contributed by atoms with Crippen molar-refractivity contribution in [3.63, 3.8) is 0 Å². The van der Waals surface area contributed by atoms with Gasteiger partial charge in [0.25, 0.3) is 0 Å². The van der Waals surface area contributed by atoms with Crippen LogP contribution in [0.4, 0.5) is 0 Å². The minimum Gasteiger partial charge on any atom is -0.530 e. The van der Waals surface area contributed by atoms with Gasteiger partial charge >= 0.3 is 0 Å². The van der Waals surface area contributed by atoms with Crippen molar-refractivity contribution < 1.29 is 0 Å². The van der Waals surface area contributed by atoms with Crippen LogP contribution in [-0.4, -0.2) is 8.07 Å². The number of rotatable bonds is 3. The molecule has 4 rings (SSSR count). The third kappa shape index (κ3) is 3.38. The first-order chi connectivity index (χ1) is 13.7.